The van der Waals surface area contributed by atoms with Gasteiger partial charge in [-0.25, -0.2) is 13.6 Å². The van der Waals surface area contributed by atoms with Crippen molar-refractivity contribution >= 4 is 31.6 Å². The van der Waals surface area contributed by atoms with Crippen LogP contribution in [0.3, 0.4) is 0 Å². The Morgan fingerprint density at radius 3 is 2.43 bits per heavy atom. The van der Waals surface area contributed by atoms with Gasteiger partial charge < -0.3 is 0 Å². The van der Waals surface area contributed by atoms with Crippen molar-refractivity contribution < 1.29 is 13.3 Å². The van der Waals surface area contributed by atoms with Gasteiger partial charge in [0.05, 0.1) is 9.40 Å². The van der Waals surface area contributed by atoms with Crippen molar-refractivity contribution in [1.82, 2.24) is 4.98 Å². The fourth-order valence-electron chi connectivity index (χ4n) is 0.825. The molecule has 0 aliphatic carbocycles. The first-order chi connectivity index (χ1) is 6.34. The number of hydrogen-bond donors (Lipinski definition) is 1. The number of sulfonamides is 1. The number of halogens is 1. The molecule has 0 radical (unpaired) electrons. The van der Waals surface area contributed by atoms with Gasteiger partial charge >= 0.3 is 5.69 Å². The van der Waals surface area contributed by atoms with Crippen molar-refractivity contribution in [2.24, 2.45) is 5.14 Å². The van der Waals surface area contributed by atoms with E-state index >= 15 is 0 Å². The van der Waals surface area contributed by atoms with Gasteiger partial charge in [0.1, 0.15) is 6.20 Å². The molecular weight excluding hydrogens is 278 g/mol. The van der Waals surface area contributed by atoms with Crippen LogP contribution in [0.15, 0.2) is 21.8 Å². The van der Waals surface area contributed by atoms with Crippen LogP contribution < -0.4 is 5.14 Å². The van der Waals surface area contributed by atoms with Crippen LogP contribution >= 0.6 is 15.9 Å². The zero-order valence-electron chi connectivity index (χ0n) is 6.55. The predicted octanol–water partition coefficient (Wildman–Crippen LogP) is 0.400. The van der Waals surface area contributed by atoms with Crippen LogP contribution in [0.2, 0.25) is 0 Å². The summed E-state index contributed by atoms with van der Waals surface area (Å²) in [4.78, 5) is 12.5. The molecule has 0 spiro atoms. The lowest BCUT2D eigenvalue weighted by atomic mass is 10.4. The molecule has 9 heteroatoms. The molecule has 14 heavy (non-hydrogen) atoms. The van der Waals surface area contributed by atoms with Crippen LogP contribution in [-0.2, 0) is 10.0 Å². The summed E-state index contributed by atoms with van der Waals surface area (Å²) < 4.78 is 22.0. The molecule has 2 N–H and O–H groups in total. The SMILES string of the molecule is NS(=O)(=O)c1c(Br)cncc1[N+](=O)[O-]. The third kappa shape index (κ3) is 2.05. The highest BCUT2D eigenvalue weighted by molar-refractivity contribution is 9.10. The molecule has 1 aromatic rings. The van der Waals surface area contributed by atoms with E-state index in [1.807, 2.05) is 0 Å². The first-order valence-electron chi connectivity index (χ1n) is 3.14. The Morgan fingerprint density at radius 1 is 1.50 bits per heavy atom. The molecule has 0 bridgehead atoms. The number of primary sulfonamides is 1. The summed E-state index contributed by atoms with van der Waals surface area (Å²) in [6, 6.07) is 0. The van der Waals surface area contributed by atoms with Crippen LogP contribution in [0.5, 0.6) is 0 Å². The second kappa shape index (κ2) is 3.59. The highest BCUT2D eigenvalue weighted by atomic mass is 79.9. The minimum absolute atomic E-state index is 0.0331. The van der Waals surface area contributed by atoms with E-state index in [1.165, 1.54) is 0 Å². The molecule has 0 aliphatic heterocycles. The second-order valence-electron chi connectivity index (χ2n) is 2.27. The number of nitrogens with zero attached hydrogens (tertiary/aromatic N) is 2. The summed E-state index contributed by atoms with van der Waals surface area (Å²) >= 11 is 2.83. The van der Waals surface area contributed by atoms with Crippen LogP contribution in [0.4, 0.5) is 5.69 Å². The van der Waals surface area contributed by atoms with Crippen molar-refractivity contribution in [2.75, 3.05) is 0 Å². The maximum absolute atomic E-state index is 11.0. The molecular formula is C5H4BrN3O4S. The van der Waals surface area contributed by atoms with E-state index in [9.17, 15) is 18.5 Å². The quantitative estimate of drug-likeness (QED) is 0.622. The normalized spacial score (nSPS) is 11.3. The summed E-state index contributed by atoms with van der Waals surface area (Å²) in [5, 5.41) is 15.3. The second-order valence-corrected chi connectivity index (χ2v) is 4.62. The summed E-state index contributed by atoms with van der Waals surface area (Å²) in [7, 11) is -4.14. The number of hydrogen-bond acceptors (Lipinski definition) is 5. The first-order valence-corrected chi connectivity index (χ1v) is 5.48. The van der Waals surface area contributed by atoms with Gasteiger partial charge in [-0.05, 0) is 15.9 Å². The van der Waals surface area contributed by atoms with E-state index in [0.29, 0.717) is 0 Å². The molecule has 0 amide bonds. The van der Waals surface area contributed by atoms with Crippen LogP contribution in [0.25, 0.3) is 0 Å². The van der Waals surface area contributed by atoms with Crippen LogP contribution in [0.1, 0.15) is 0 Å². The molecule has 76 valence electrons. The van der Waals surface area contributed by atoms with Crippen molar-refractivity contribution in [1.29, 1.82) is 0 Å². The van der Waals surface area contributed by atoms with Gasteiger partial charge in [0.15, 0.2) is 4.90 Å². The van der Waals surface area contributed by atoms with E-state index in [4.69, 9.17) is 5.14 Å². The monoisotopic (exact) mass is 281 g/mol. The standard InChI is InChI=1S/C5H4BrN3O4S/c6-3-1-8-2-4(9(10)11)5(3)14(7,12)13/h1-2H,(H2,7,12,13). The van der Waals surface area contributed by atoms with Crippen LogP contribution in [0, 0.1) is 10.1 Å². The maximum Gasteiger partial charge on any atom is 0.308 e. The smallest absolute Gasteiger partial charge is 0.258 e. The van der Waals surface area contributed by atoms with Gasteiger partial charge in [-0.15, -0.1) is 0 Å². The van der Waals surface area contributed by atoms with Crippen molar-refractivity contribution in [2.45, 2.75) is 4.90 Å². The summed E-state index contributed by atoms with van der Waals surface area (Å²) in [5.74, 6) is 0. The molecule has 1 rings (SSSR count). The number of nitro groups is 1. The fourth-order valence-corrected chi connectivity index (χ4v) is 2.57. The Bertz CT molecular complexity index is 486. The van der Waals surface area contributed by atoms with Gasteiger partial charge in [-0.1, -0.05) is 0 Å². The van der Waals surface area contributed by atoms with Crippen molar-refractivity contribution in [3.63, 3.8) is 0 Å². The lowest BCUT2D eigenvalue weighted by Gasteiger charge is -2.01. The minimum atomic E-state index is -4.14. The average molecular weight is 282 g/mol. The predicted molar refractivity (Wildman–Crippen MR) is 50.0 cm³/mol. The molecule has 0 aliphatic rings. The van der Waals surface area contributed by atoms with Gasteiger partial charge in [-0.3, -0.25) is 15.1 Å². The lowest BCUT2D eigenvalue weighted by Crippen LogP contribution is -2.15. The number of pyridine rings is 1. The van der Waals surface area contributed by atoms with Gasteiger partial charge in [0.25, 0.3) is 0 Å². The van der Waals surface area contributed by atoms with Crippen LogP contribution in [-0.4, -0.2) is 18.3 Å². The summed E-state index contributed by atoms with van der Waals surface area (Å²) in [6.07, 6.45) is 1.94. The number of aromatic nitrogens is 1. The molecule has 1 aromatic heterocycles. The van der Waals surface area contributed by atoms with E-state index in [-0.39, 0.29) is 4.47 Å². The first kappa shape index (κ1) is 11.0. The van der Waals surface area contributed by atoms with E-state index < -0.39 is 25.5 Å². The Kier molecular flexibility index (Phi) is 2.83. The molecule has 0 fully saturated rings. The minimum Gasteiger partial charge on any atom is -0.258 e. The zero-order valence-corrected chi connectivity index (χ0v) is 8.95. The lowest BCUT2D eigenvalue weighted by molar-refractivity contribution is -0.388. The third-order valence-electron chi connectivity index (χ3n) is 1.32. The van der Waals surface area contributed by atoms with E-state index in [0.717, 1.165) is 12.4 Å². The Hall–Kier alpha value is -1.06. The largest absolute Gasteiger partial charge is 0.308 e. The summed E-state index contributed by atoms with van der Waals surface area (Å²) in [5.41, 5.74) is -0.651. The molecule has 0 unspecified atom stereocenters. The molecule has 0 atom stereocenters. The van der Waals surface area contributed by atoms with Gasteiger partial charge in [-0.2, -0.15) is 0 Å². The molecule has 0 aromatic carbocycles. The Morgan fingerprint density at radius 2 is 2.07 bits per heavy atom. The molecule has 0 saturated heterocycles. The number of nitrogens with two attached hydrogens (primary N) is 1. The zero-order chi connectivity index (χ0) is 10.9. The highest BCUT2D eigenvalue weighted by Crippen LogP contribution is 2.28. The average Bonchev–Trinajstić information content (AvgIpc) is 2.01. The molecule has 0 saturated carbocycles. The van der Waals surface area contributed by atoms with Crippen molar-refractivity contribution in [3.05, 3.63) is 27.0 Å². The van der Waals surface area contributed by atoms with E-state index in [1.54, 1.807) is 0 Å². The van der Waals surface area contributed by atoms with Gasteiger partial charge in [0.2, 0.25) is 10.0 Å². The topological polar surface area (TPSA) is 116 Å². The highest BCUT2D eigenvalue weighted by Gasteiger charge is 2.26. The Balaban J connectivity index is 3.62. The summed E-state index contributed by atoms with van der Waals surface area (Å²) in [6.45, 7) is 0. The molecule has 1 heterocycles. The fraction of sp³-hybridized carbons (Fsp3) is 0. The number of rotatable bonds is 2. The van der Waals surface area contributed by atoms with Crippen molar-refractivity contribution in [3.8, 4) is 0 Å². The van der Waals surface area contributed by atoms with Gasteiger partial charge in [0, 0.05) is 6.20 Å². The Labute approximate surface area is 87.3 Å². The molecule has 7 nitrogen and oxygen atoms in total. The van der Waals surface area contributed by atoms with E-state index in [2.05, 4.69) is 20.9 Å². The maximum atomic E-state index is 11.0. The third-order valence-corrected chi connectivity index (χ3v) is 3.18.